The fourth-order valence-electron chi connectivity index (χ4n) is 4.04. The van der Waals surface area contributed by atoms with Crippen LogP contribution in [0.4, 0.5) is 15.9 Å². The summed E-state index contributed by atoms with van der Waals surface area (Å²) >= 11 is 4.22. The van der Waals surface area contributed by atoms with Crippen LogP contribution < -0.4 is 15.4 Å². The summed E-state index contributed by atoms with van der Waals surface area (Å²) < 4.78 is 25.4. The van der Waals surface area contributed by atoms with E-state index in [9.17, 15) is 4.39 Å². The fraction of sp³-hybridized carbons (Fsp3) is 0.226. The molecule has 0 aliphatic heterocycles. The van der Waals surface area contributed by atoms with Gasteiger partial charge in [-0.05, 0) is 78.7 Å². The van der Waals surface area contributed by atoms with E-state index in [4.69, 9.17) is 9.15 Å². The van der Waals surface area contributed by atoms with Crippen LogP contribution in [0.5, 0.6) is 5.75 Å². The van der Waals surface area contributed by atoms with E-state index in [1.807, 2.05) is 75.4 Å². The molecule has 0 aliphatic rings. The van der Waals surface area contributed by atoms with Crippen molar-refractivity contribution in [2.45, 2.75) is 33.9 Å². The van der Waals surface area contributed by atoms with Crippen molar-refractivity contribution in [3.8, 4) is 17.1 Å². The number of halogens is 1. The molecule has 5 rings (SSSR count). The summed E-state index contributed by atoms with van der Waals surface area (Å²) in [4.78, 5) is 8.91. The number of ether oxygens (including phenoxy) is 1. The zero-order chi connectivity index (χ0) is 27.6. The Morgan fingerprint density at radius 2 is 1.85 bits per heavy atom. The number of hydrogen-bond donors (Lipinski definition) is 3. The molecule has 0 fully saturated rings. The molecule has 0 radical (unpaired) electrons. The summed E-state index contributed by atoms with van der Waals surface area (Å²) in [6.07, 6.45) is 1.55. The highest BCUT2D eigenvalue weighted by Gasteiger charge is 2.11. The smallest absolute Gasteiger partial charge is 0.141 e. The second-order valence-electron chi connectivity index (χ2n) is 8.64. The molecule has 8 heteroatoms. The maximum Gasteiger partial charge on any atom is 0.141 e. The van der Waals surface area contributed by atoms with Crippen LogP contribution >= 0.6 is 12.6 Å². The van der Waals surface area contributed by atoms with E-state index >= 15 is 0 Å². The molecule has 0 aliphatic carbocycles. The first-order chi connectivity index (χ1) is 19.1. The van der Waals surface area contributed by atoms with Crippen molar-refractivity contribution in [1.82, 2.24) is 15.3 Å². The quantitative estimate of drug-likeness (QED) is 0.124. The van der Waals surface area contributed by atoms with E-state index in [2.05, 4.69) is 33.2 Å². The molecule has 0 amide bonds. The lowest BCUT2D eigenvalue weighted by molar-refractivity contribution is 0.303. The van der Waals surface area contributed by atoms with E-state index in [1.165, 1.54) is 12.1 Å². The number of aryl methyl sites for hydroxylation is 1. The standard InChI is InChI=1S/C29H27FN4O2S.C2H6/c1-19-13-23(6-9-27(19)35-17-20-3-2-4-22(30)14-20)34-29-25-15-21(5-8-26(25)32-18-33-29)28-10-7-24(36-28)16-31-11-12-37;1-2/h2-10,13-15,18,31,37H,11-12,16-17H2,1H3,(H,32,33,34);1-2H3. The minimum Gasteiger partial charge on any atom is -0.489 e. The highest BCUT2D eigenvalue weighted by Crippen LogP contribution is 2.31. The Morgan fingerprint density at radius 3 is 2.64 bits per heavy atom. The summed E-state index contributed by atoms with van der Waals surface area (Å²) in [6.45, 7) is 7.75. The molecule has 0 bridgehead atoms. The number of anilines is 2. The van der Waals surface area contributed by atoms with Crippen LogP contribution in [0.1, 0.15) is 30.7 Å². The summed E-state index contributed by atoms with van der Waals surface area (Å²) in [5, 5.41) is 7.58. The van der Waals surface area contributed by atoms with E-state index < -0.39 is 0 Å². The molecule has 0 saturated heterocycles. The number of nitrogens with zero attached hydrogens (tertiary/aromatic N) is 2. The number of benzene rings is 3. The van der Waals surface area contributed by atoms with Gasteiger partial charge in [-0.2, -0.15) is 12.6 Å². The van der Waals surface area contributed by atoms with E-state index in [1.54, 1.807) is 12.4 Å². The highest BCUT2D eigenvalue weighted by atomic mass is 32.1. The van der Waals surface area contributed by atoms with Gasteiger partial charge in [-0.15, -0.1) is 0 Å². The molecule has 0 saturated carbocycles. The van der Waals surface area contributed by atoms with Gasteiger partial charge in [-0.3, -0.25) is 0 Å². The largest absolute Gasteiger partial charge is 0.489 e. The highest BCUT2D eigenvalue weighted by molar-refractivity contribution is 7.80. The second-order valence-corrected chi connectivity index (χ2v) is 9.09. The van der Waals surface area contributed by atoms with Crippen LogP contribution in [-0.4, -0.2) is 22.3 Å². The van der Waals surface area contributed by atoms with Gasteiger partial charge in [0.25, 0.3) is 0 Å². The molecule has 39 heavy (non-hydrogen) atoms. The third-order valence-electron chi connectivity index (χ3n) is 5.89. The van der Waals surface area contributed by atoms with Crippen LogP contribution in [0.2, 0.25) is 0 Å². The Labute approximate surface area is 234 Å². The van der Waals surface area contributed by atoms with Crippen molar-refractivity contribution in [2.75, 3.05) is 17.6 Å². The van der Waals surface area contributed by atoms with Crippen LogP contribution in [0.25, 0.3) is 22.2 Å². The van der Waals surface area contributed by atoms with Gasteiger partial charge in [-0.25, -0.2) is 14.4 Å². The van der Waals surface area contributed by atoms with Crippen LogP contribution in [0, 0.1) is 12.7 Å². The first-order valence-electron chi connectivity index (χ1n) is 13.0. The third kappa shape index (κ3) is 7.37. The van der Waals surface area contributed by atoms with Gasteiger partial charge in [0.15, 0.2) is 0 Å². The molecule has 5 aromatic rings. The normalized spacial score (nSPS) is 10.7. The van der Waals surface area contributed by atoms with Crippen LogP contribution in [-0.2, 0) is 13.2 Å². The Hall–Kier alpha value is -3.88. The van der Waals surface area contributed by atoms with E-state index in [0.29, 0.717) is 19.0 Å². The molecule has 2 aromatic heterocycles. The number of hydrogen-bond acceptors (Lipinski definition) is 7. The monoisotopic (exact) mass is 544 g/mol. The van der Waals surface area contributed by atoms with Crippen molar-refractivity contribution >= 4 is 35.0 Å². The van der Waals surface area contributed by atoms with E-state index in [-0.39, 0.29) is 5.82 Å². The maximum absolute atomic E-state index is 13.4. The maximum atomic E-state index is 13.4. The average molecular weight is 545 g/mol. The Morgan fingerprint density at radius 1 is 0.974 bits per heavy atom. The fourth-order valence-corrected chi connectivity index (χ4v) is 4.20. The van der Waals surface area contributed by atoms with Gasteiger partial charge in [0.2, 0.25) is 0 Å². The molecular formula is C31H33FN4O2S. The van der Waals surface area contributed by atoms with Gasteiger partial charge in [0, 0.05) is 28.9 Å². The zero-order valence-electron chi connectivity index (χ0n) is 22.4. The lowest BCUT2D eigenvalue weighted by Crippen LogP contribution is -2.15. The summed E-state index contributed by atoms with van der Waals surface area (Å²) in [5.74, 6) is 3.60. The molecular weight excluding hydrogens is 511 g/mol. The number of nitrogens with one attached hydrogen (secondary N) is 2. The average Bonchev–Trinajstić information content (AvgIpc) is 3.43. The predicted molar refractivity (Wildman–Crippen MR) is 159 cm³/mol. The number of fused-ring (bicyclic) bond motifs is 1. The van der Waals surface area contributed by atoms with Crippen molar-refractivity contribution < 1.29 is 13.5 Å². The zero-order valence-corrected chi connectivity index (χ0v) is 23.3. The minimum atomic E-state index is -0.272. The molecule has 0 unspecified atom stereocenters. The topological polar surface area (TPSA) is 72.2 Å². The number of furan rings is 1. The molecule has 0 atom stereocenters. The SMILES string of the molecule is CC.Cc1cc(Nc2ncnc3ccc(-c4ccc(CNCCS)o4)cc23)ccc1OCc1cccc(F)c1. The lowest BCUT2D eigenvalue weighted by atomic mass is 10.1. The number of thiol groups is 1. The molecule has 2 heterocycles. The molecule has 0 spiro atoms. The van der Waals surface area contributed by atoms with Gasteiger partial charge >= 0.3 is 0 Å². The van der Waals surface area contributed by atoms with Crippen molar-refractivity contribution in [3.05, 3.63) is 102 Å². The molecule has 3 aromatic carbocycles. The van der Waals surface area contributed by atoms with E-state index in [0.717, 1.165) is 62.8 Å². The molecule has 2 N–H and O–H groups in total. The minimum absolute atomic E-state index is 0.272. The molecule has 202 valence electrons. The summed E-state index contributed by atoms with van der Waals surface area (Å²) in [6, 6.07) is 22.2. The lowest BCUT2D eigenvalue weighted by Gasteiger charge is -2.13. The number of rotatable bonds is 10. The van der Waals surface area contributed by atoms with Gasteiger partial charge in [0.1, 0.15) is 41.8 Å². The van der Waals surface area contributed by atoms with Crippen molar-refractivity contribution in [3.63, 3.8) is 0 Å². The van der Waals surface area contributed by atoms with Gasteiger partial charge < -0.3 is 19.8 Å². The Bertz CT molecular complexity index is 1520. The first-order valence-corrected chi connectivity index (χ1v) is 13.6. The summed E-state index contributed by atoms with van der Waals surface area (Å²) in [5.41, 5.74) is 4.38. The predicted octanol–water partition coefficient (Wildman–Crippen LogP) is 7.71. The Kier molecular flexibility index (Phi) is 9.94. The van der Waals surface area contributed by atoms with Crippen LogP contribution in [0.15, 0.2) is 83.5 Å². The third-order valence-corrected chi connectivity index (χ3v) is 6.11. The van der Waals surface area contributed by atoms with Gasteiger partial charge in [0.05, 0.1) is 12.1 Å². The first kappa shape index (κ1) is 28.1. The number of aromatic nitrogens is 2. The van der Waals surface area contributed by atoms with Crippen molar-refractivity contribution in [2.24, 2.45) is 0 Å². The van der Waals surface area contributed by atoms with Crippen LogP contribution in [0.3, 0.4) is 0 Å². The second kappa shape index (κ2) is 13.8. The van der Waals surface area contributed by atoms with Crippen molar-refractivity contribution in [1.29, 1.82) is 0 Å². The molecule has 6 nitrogen and oxygen atoms in total. The van der Waals surface area contributed by atoms with Gasteiger partial charge in [-0.1, -0.05) is 26.0 Å². The Balaban J connectivity index is 0.00000172. The summed E-state index contributed by atoms with van der Waals surface area (Å²) in [7, 11) is 0.